The molecule has 0 bridgehead atoms. The first kappa shape index (κ1) is 21.8. The smallest absolute Gasteiger partial charge is 0.254 e. The number of fused-ring (bicyclic) bond motifs is 1. The predicted molar refractivity (Wildman–Crippen MR) is 130 cm³/mol. The molecular weight excluding hydrogens is 428 g/mol. The molecule has 1 aliphatic rings. The van der Waals surface area contributed by atoms with Crippen molar-refractivity contribution >= 4 is 11.6 Å². The molecule has 8 heteroatoms. The van der Waals surface area contributed by atoms with E-state index >= 15 is 0 Å². The molecular formula is C26H26N6O2. The van der Waals surface area contributed by atoms with Gasteiger partial charge in [0.2, 0.25) is 5.91 Å². The van der Waals surface area contributed by atoms with E-state index in [1.165, 1.54) is 12.8 Å². The number of pyridine rings is 1. The molecule has 1 aliphatic heterocycles. The van der Waals surface area contributed by atoms with Crippen molar-refractivity contribution in [1.29, 1.82) is 0 Å². The fourth-order valence-electron chi connectivity index (χ4n) is 4.32. The Kier molecular flexibility index (Phi) is 6.03. The molecule has 0 atom stereocenters. The number of rotatable bonds is 6. The maximum absolute atomic E-state index is 12.6. The van der Waals surface area contributed by atoms with Crippen molar-refractivity contribution in [3.8, 4) is 22.6 Å². The number of aromatic amines is 1. The van der Waals surface area contributed by atoms with Crippen LogP contribution in [0.1, 0.15) is 36.3 Å². The largest absolute Gasteiger partial charge is 0.334 e. The monoisotopic (exact) mass is 454 g/mol. The number of nitrogens with zero attached hydrogens (tertiary/aromatic N) is 4. The fraction of sp³-hybridized carbons (Fsp3) is 0.269. The van der Waals surface area contributed by atoms with E-state index in [0.717, 1.165) is 35.6 Å². The average Bonchev–Trinajstić information content (AvgIpc) is 3.29. The quantitative estimate of drug-likeness (QED) is 0.460. The SMILES string of the molecule is Cc1nc(-c2ccncc2)[nH]c(=O)c1CCC(=O)Nc1cccc(-c2cn3c(n2)CCCC3)c1. The van der Waals surface area contributed by atoms with Crippen LogP contribution in [0, 0.1) is 6.92 Å². The third kappa shape index (κ3) is 4.66. The summed E-state index contributed by atoms with van der Waals surface area (Å²) in [6.45, 7) is 2.80. The zero-order chi connectivity index (χ0) is 23.5. The number of hydrogen-bond acceptors (Lipinski definition) is 5. The molecule has 0 unspecified atom stereocenters. The Morgan fingerprint density at radius 2 is 1.97 bits per heavy atom. The second-order valence-corrected chi connectivity index (χ2v) is 8.54. The summed E-state index contributed by atoms with van der Waals surface area (Å²) in [5, 5.41) is 2.95. The Hall–Kier alpha value is -4.07. The lowest BCUT2D eigenvalue weighted by Gasteiger charge is -2.11. The van der Waals surface area contributed by atoms with Gasteiger partial charge in [-0.25, -0.2) is 9.97 Å². The van der Waals surface area contributed by atoms with Crippen LogP contribution in [0.3, 0.4) is 0 Å². The van der Waals surface area contributed by atoms with Gasteiger partial charge in [0.15, 0.2) is 0 Å². The molecule has 8 nitrogen and oxygen atoms in total. The molecule has 0 aliphatic carbocycles. The highest BCUT2D eigenvalue weighted by atomic mass is 16.1. The molecule has 2 N–H and O–H groups in total. The minimum Gasteiger partial charge on any atom is -0.334 e. The van der Waals surface area contributed by atoms with E-state index in [4.69, 9.17) is 4.98 Å². The van der Waals surface area contributed by atoms with E-state index in [-0.39, 0.29) is 17.9 Å². The molecule has 4 heterocycles. The number of aryl methyl sites for hydroxylation is 3. The van der Waals surface area contributed by atoms with Crippen LogP contribution in [0.4, 0.5) is 5.69 Å². The Labute approximate surface area is 197 Å². The van der Waals surface area contributed by atoms with E-state index in [2.05, 4.69) is 31.0 Å². The minimum atomic E-state index is -0.224. The lowest BCUT2D eigenvalue weighted by atomic mass is 10.1. The van der Waals surface area contributed by atoms with Gasteiger partial charge in [-0.15, -0.1) is 0 Å². The van der Waals surface area contributed by atoms with Crippen molar-refractivity contribution in [2.24, 2.45) is 0 Å². The topological polar surface area (TPSA) is 106 Å². The van der Waals surface area contributed by atoms with E-state index in [0.29, 0.717) is 29.2 Å². The number of carbonyl (C=O) groups excluding carboxylic acids is 1. The molecule has 0 spiro atoms. The zero-order valence-electron chi connectivity index (χ0n) is 19.0. The van der Waals surface area contributed by atoms with Crippen molar-refractivity contribution in [3.05, 3.63) is 82.4 Å². The van der Waals surface area contributed by atoms with E-state index in [1.54, 1.807) is 31.5 Å². The molecule has 1 amide bonds. The number of benzene rings is 1. The van der Waals surface area contributed by atoms with Crippen molar-refractivity contribution < 1.29 is 4.79 Å². The molecule has 0 saturated heterocycles. The van der Waals surface area contributed by atoms with Crippen LogP contribution in [0.5, 0.6) is 0 Å². The lowest BCUT2D eigenvalue weighted by molar-refractivity contribution is -0.116. The zero-order valence-corrected chi connectivity index (χ0v) is 19.0. The second kappa shape index (κ2) is 9.43. The van der Waals surface area contributed by atoms with Crippen LogP contribution in [-0.4, -0.2) is 30.4 Å². The summed E-state index contributed by atoms with van der Waals surface area (Å²) in [6.07, 6.45) is 9.26. The van der Waals surface area contributed by atoms with E-state index in [9.17, 15) is 9.59 Å². The Bertz CT molecular complexity index is 1370. The van der Waals surface area contributed by atoms with Crippen molar-refractivity contribution in [2.45, 2.75) is 45.6 Å². The van der Waals surface area contributed by atoms with Gasteiger partial charge in [-0.1, -0.05) is 12.1 Å². The van der Waals surface area contributed by atoms with Crippen molar-refractivity contribution in [3.63, 3.8) is 0 Å². The number of carbonyl (C=O) groups is 1. The standard InChI is InChI=1S/C26H26N6O2/c1-17-21(26(34)31-25(28-17)18-10-12-27-13-11-18)8-9-24(33)29-20-6-4-5-19(15-20)22-16-32-14-3-2-7-23(32)30-22/h4-6,10-13,15-16H,2-3,7-9,14H2,1H3,(H,29,33)(H,28,31,34). The average molecular weight is 455 g/mol. The Morgan fingerprint density at radius 3 is 2.76 bits per heavy atom. The van der Waals surface area contributed by atoms with E-state index in [1.807, 2.05) is 24.3 Å². The number of amides is 1. The molecule has 0 fully saturated rings. The van der Waals surface area contributed by atoms with Gasteiger partial charge in [0.25, 0.3) is 5.56 Å². The highest BCUT2D eigenvalue weighted by Gasteiger charge is 2.15. The summed E-state index contributed by atoms with van der Waals surface area (Å²) in [7, 11) is 0. The highest BCUT2D eigenvalue weighted by molar-refractivity contribution is 5.91. The summed E-state index contributed by atoms with van der Waals surface area (Å²) >= 11 is 0. The molecule has 1 aromatic carbocycles. The van der Waals surface area contributed by atoms with Crippen LogP contribution < -0.4 is 10.9 Å². The molecule has 0 saturated carbocycles. The van der Waals surface area contributed by atoms with Crippen LogP contribution >= 0.6 is 0 Å². The minimum absolute atomic E-state index is 0.154. The van der Waals surface area contributed by atoms with Gasteiger partial charge < -0.3 is 14.9 Å². The lowest BCUT2D eigenvalue weighted by Crippen LogP contribution is -2.20. The van der Waals surface area contributed by atoms with Gasteiger partial charge in [0.1, 0.15) is 11.6 Å². The normalized spacial score (nSPS) is 12.9. The van der Waals surface area contributed by atoms with Crippen LogP contribution in [0.25, 0.3) is 22.6 Å². The highest BCUT2D eigenvalue weighted by Crippen LogP contribution is 2.25. The Balaban J connectivity index is 1.25. The van der Waals surface area contributed by atoms with Crippen molar-refractivity contribution in [2.75, 3.05) is 5.32 Å². The number of anilines is 1. The number of imidazole rings is 1. The summed E-state index contributed by atoms with van der Waals surface area (Å²) in [5.74, 6) is 1.47. The molecule has 34 heavy (non-hydrogen) atoms. The van der Waals surface area contributed by atoms with Crippen molar-refractivity contribution in [1.82, 2.24) is 24.5 Å². The summed E-state index contributed by atoms with van der Waals surface area (Å²) in [6, 6.07) is 11.3. The Morgan fingerprint density at radius 1 is 1.12 bits per heavy atom. The third-order valence-electron chi connectivity index (χ3n) is 6.13. The first-order valence-electron chi connectivity index (χ1n) is 11.5. The van der Waals surface area contributed by atoms with Crippen LogP contribution in [0.15, 0.2) is 59.8 Å². The number of aromatic nitrogens is 5. The number of H-pyrrole nitrogens is 1. The number of hydrogen-bond donors (Lipinski definition) is 2. The van der Waals surface area contributed by atoms with Crippen LogP contribution in [-0.2, 0) is 24.2 Å². The molecule has 172 valence electrons. The number of nitrogens with one attached hydrogen (secondary N) is 2. The van der Waals surface area contributed by atoms with E-state index < -0.39 is 0 Å². The van der Waals surface area contributed by atoms with Gasteiger partial charge in [-0.05, 0) is 50.5 Å². The molecule has 5 rings (SSSR count). The first-order chi connectivity index (χ1) is 16.6. The molecule has 4 aromatic rings. The maximum Gasteiger partial charge on any atom is 0.254 e. The van der Waals surface area contributed by atoms with Gasteiger partial charge in [0.05, 0.1) is 5.69 Å². The van der Waals surface area contributed by atoms with Crippen LogP contribution in [0.2, 0.25) is 0 Å². The fourth-order valence-corrected chi connectivity index (χ4v) is 4.32. The maximum atomic E-state index is 12.6. The molecule has 3 aromatic heterocycles. The summed E-state index contributed by atoms with van der Waals surface area (Å²) < 4.78 is 2.22. The summed E-state index contributed by atoms with van der Waals surface area (Å²) in [5.41, 5.74) is 4.32. The van der Waals surface area contributed by atoms with Gasteiger partial charge >= 0.3 is 0 Å². The third-order valence-corrected chi connectivity index (χ3v) is 6.13. The summed E-state index contributed by atoms with van der Waals surface area (Å²) in [4.78, 5) is 41.4. The molecule has 0 radical (unpaired) electrons. The first-order valence-corrected chi connectivity index (χ1v) is 11.5. The van der Waals surface area contributed by atoms with Gasteiger partial charge in [-0.3, -0.25) is 14.6 Å². The van der Waals surface area contributed by atoms with Gasteiger partial charge in [-0.2, -0.15) is 0 Å². The second-order valence-electron chi connectivity index (χ2n) is 8.54. The van der Waals surface area contributed by atoms with Gasteiger partial charge in [0, 0.05) is 66.0 Å². The predicted octanol–water partition coefficient (Wildman–Crippen LogP) is 3.91.